The van der Waals surface area contributed by atoms with Gasteiger partial charge in [0.1, 0.15) is 0 Å². The second kappa shape index (κ2) is 7.05. The summed E-state index contributed by atoms with van der Waals surface area (Å²) in [7, 11) is 1.52. The molecule has 5 nitrogen and oxygen atoms in total. The third-order valence-electron chi connectivity index (χ3n) is 3.93. The Hall–Kier alpha value is -2.69. The number of amides is 1. The van der Waals surface area contributed by atoms with Gasteiger partial charge in [-0.15, -0.1) is 10.2 Å². The molecule has 5 heteroatoms. The molecule has 1 amide bonds. The highest BCUT2D eigenvalue weighted by atomic mass is 16.5. The van der Waals surface area contributed by atoms with Gasteiger partial charge < -0.3 is 9.64 Å². The van der Waals surface area contributed by atoms with Crippen molar-refractivity contribution in [2.45, 2.75) is 12.8 Å². The first kappa shape index (κ1) is 15.2. The fourth-order valence-electron chi connectivity index (χ4n) is 2.63. The lowest BCUT2D eigenvalue weighted by molar-refractivity contribution is 0.0736. The minimum atomic E-state index is -0.0704. The lowest BCUT2D eigenvalue weighted by Gasteiger charge is -2.28. The van der Waals surface area contributed by atoms with Gasteiger partial charge in [0.25, 0.3) is 5.91 Å². The Balaban J connectivity index is 1.62. The van der Waals surface area contributed by atoms with Crippen LogP contribution in [0.2, 0.25) is 0 Å². The maximum absolute atomic E-state index is 12.4. The monoisotopic (exact) mass is 309 g/mol. The van der Waals surface area contributed by atoms with E-state index in [4.69, 9.17) is 4.74 Å². The van der Waals surface area contributed by atoms with Gasteiger partial charge in [-0.3, -0.25) is 4.79 Å². The summed E-state index contributed by atoms with van der Waals surface area (Å²) in [5.41, 5.74) is 2.95. The van der Waals surface area contributed by atoms with Crippen LogP contribution in [0.25, 0.3) is 6.08 Å². The highest BCUT2D eigenvalue weighted by Crippen LogP contribution is 2.20. The van der Waals surface area contributed by atoms with Gasteiger partial charge in [0.2, 0.25) is 5.88 Å². The van der Waals surface area contributed by atoms with Crippen LogP contribution in [0.15, 0.2) is 48.0 Å². The minimum absolute atomic E-state index is 0.0704. The van der Waals surface area contributed by atoms with Crippen LogP contribution in [-0.2, 0) is 0 Å². The first-order valence-corrected chi connectivity index (χ1v) is 7.68. The van der Waals surface area contributed by atoms with Crippen molar-refractivity contribution in [2.24, 2.45) is 0 Å². The third-order valence-corrected chi connectivity index (χ3v) is 3.93. The van der Waals surface area contributed by atoms with Crippen LogP contribution in [0, 0.1) is 0 Å². The van der Waals surface area contributed by atoms with E-state index in [2.05, 4.69) is 28.4 Å². The van der Waals surface area contributed by atoms with Crippen LogP contribution < -0.4 is 4.74 Å². The molecule has 2 aromatic rings. The average Bonchev–Trinajstić information content (AvgIpc) is 2.63. The second-order valence-corrected chi connectivity index (χ2v) is 5.47. The Morgan fingerprint density at radius 2 is 1.83 bits per heavy atom. The molecular weight excluding hydrogens is 290 g/mol. The molecule has 0 aliphatic carbocycles. The number of hydrogen-bond donors (Lipinski definition) is 0. The normalized spacial score (nSPS) is 14.5. The number of nitrogens with zero attached hydrogens (tertiary/aromatic N) is 3. The van der Waals surface area contributed by atoms with Crippen LogP contribution in [0.3, 0.4) is 0 Å². The first-order valence-electron chi connectivity index (χ1n) is 7.68. The lowest BCUT2D eigenvalue weighted by Crippen LogP contribution is -2.36. The summed E-state index contributed by atoms with van der Waals surface area (Å²) in [6, 6.07) is 13.6. The zero-order valence-electron chi connectivity index (χ0n) is 13.1. The van der Waals surface area contributed by atoms with Crippen molar-refractivity contribution in [2.75, 3.05) is 20.2 Å². The van der Waals surface area contributed by atoms with Crippen molar-refractivity contribution in [3.63, 3.8) is 0 Å². The van der Waals surface area contributed by atoms with E-state index in [9.17, 15) is 4.79 Å². The van der Waals surface area contributed by atoms with E-state index in [1.165, 1.54) is 18.2 Å². The van der Waals surface area contributed by atoms with Gasteiger partial charge in [-0.05, 0) is 24.5 Å². The quantitative estimate of drug-likeness (QED) is 0.875. The summed E-state index contributed by atoms with van der Waals surface area (Å²) in [4.78, 5) is 14.3. The average molecular weight is 309 g/mol. The molecule has 1 aliphatic heterocycles. The summed E-state index contributed by atoms with van der Waals surface area (Å²) >= 11 is 0. The highest BCUT2D eigenvalue weighted by Gasteiger charge is 2.21. The van der Waals surface area contributed by atoms with E-state index in [1.54, 1.807) is 12.1 Å². The maximum Gasteiger partial charge on any atom is 0.274 e. The zero-order chi connectivity index (χ0) is 16.1. The molecule has 2 heterocycles. The van der Waals surface area contributed by atoms with Crippen molar-refractivity contribution in [1.82, 2.24) is 15.1 Å². The van der Waals surface area contributed by atoms with Crippen LogP contribution in [0.5, 0.6) is 5.88 Å². The molecule has 0 N–H and O–H groups in total. The van der Waals surface area contributed by atoms with Crippen molar-refractivity contribution in [3.8, 4) is 5.88 Å². The molecule has 1 aromatic carbocycles. The Morgan fingerprint density at radius 1 is 1.09 bits per heavy atom. The smallest absolute Gasteiger partial charge is 0.274 e. The van der Waals surface area contributed by atoms with Crippen LogP contribution in [0.1, 0.15) is 28.9 Å². The highest BCUT2D eigenvalue weighted by molar-refractivity contribution is 5.92. The number of benzene rings is 1. The predicted molar refractivity (Wildman–Crippen MR) is 88.1 cm³/mol. The molecular formula is C18H19N3O2. The largest absolute Gasteiger partial charge is 0.480 e. The zero-order valence-corrected chi connectivity index (χ0v) is 13.1. The van der Waals surface area contributed by atoms with Crippen molar-refractivity contribution in [1.29, 1.82) is 0 Å². The number of aromatic nitrogens is 2. The predicted octanol–water partition coefficient (Wildman–Crippen LogP) is 2.80. The van der Waals surface area contributed by atoms with Crippen molar-refractivity contribution >= 4 is 12.0 Å². The topological polar surface area (TPSA) is 55.3 Å². The third kappa shape index (κ3) is 3.74. The lowest BCUT2D eigenvalue weighted by atomic mass is 10.0. The maximum atomic E-state index is 12.4. The van der Waals surface area contributed by atoms with Crippen LogP contribution in [-0.4, -0.2) is 41.2 Å². The molecule has 0 bridgehead atoms. The molecule has 0 radical (unpaired) electrons. The number of methoxy groups -OCH3 is 1. The van der Waals surface area contributed by atoms with Gasteiger partial charge in [-0.1, -0.05) is 42.0 Å². The molecule has 0 atom stereocenters. The van der Waals surface area contributed by atoms with E-state index in [1.807, 2.05) is 23.1 Å². The van der Waals surface area contributed by atoms with Crippen LogP contribution in [0.4, 0.5) is 0 Å². The fraction of sp³-hybridized carbons (Fsp3) is 0.278. The first-order chi connectivity index (χ1) is 11.3. The molecule has 0 saturated carbocycles. The summed E-state index contributed by atoms with van der Waals surface area (Å²) in [5, 5.41) is 7.78. The number of piperidine rings is 1. The summed E-state index contributed by atoms with van der Waals surface area (Å²) in [6.07, 6.45) is 4.00. The summed E-state index contributed by atoms with van der Waals surface area (Å²) < 4.78 is 4.96. The van der Waals surface area contributed by atoms with Gasteiger partial charge in [0.05, 0.1) is 7.11 Å². The van der Waals surface area contributed by atoms with Crippen molar-refractivity contribution < 1.29 is 9.53 Å². The molecule has 1 aliphatic rings. The molecule has 23 heavy (non-hydrogen) atoms. The SMILES string of the molecule is COc1ccc(C(=O)N2CCC(=Cc3ccccc3)CC2)nn1. The fourth-order valence-corrected chi connectivity index (χ4v) is 2.63. The number of carbonyl (C=O) groups excluding carboxylic acids is 1. The summed E-state index contributed by atoms with van der Waals surface area (Å²) in [5.74, 6) is 0.340. The molecule has 0 unspecified atom stereocenters. The second-order valence-electron chi connectivity index (χ2n) is 5.47. The van der Waals surface area contributed by atoms with Gasteiger partial charge in [0, 0.05) is 19.2 Å². The Bertz CT molecular complexity index is 686. The van der Waals surface area contributed by atoms with E-state index >= 15 is 0 Å². The standard InChI is InChI=1S/C18H19N3O2/c1-23-17-8-7-16(19-20-17)18(22)21-11-9-15(10-12-21)13-14-5-3-2-4-6-14/h2-8,13H,9-12H2,1H3. The van der Waals surface area contributed by atoms with Crippen LogP contribution >= 0.6 is 0 Å². The van der Waals surface area contributed by atoms with E-state index < -0.39 is 0 Å². The van der Waals surface area contributed by atoms with E-state index in [0.717, 1.165) is 12.8 Å². The minimum Gasteiger partial charge on any atom is -0.480 e. The molecule has 1 fully saturated rings. The molecule has 1 saturated heterocycles. The number of ether oxygens (including phenoxy) is 1. The summed E-state index contributed by atoms with van der Waals surface area (Å²) in [6.45, 7) is 1.43. The Labute approximate surface area is 135 Å². The van der Waals surface area contributed by atoms with Gasteiger partial charge >= 0.3 is 0 Å². The Morgan fingerprint density at radius 3 is 2.43 bits per heavy atom. The number of carbonyl (C=O) groups is 1. The van der Waals surface area contributed by atoms with Gasteiger partial charge in [-0.2, -0.15) is 0 Å². The molecule has 1 aromatic heterocycles. The molecule has 118 valence electrons. The molecule has 0 spiro atoms. The van der Waals surface area contributed by atoms with Gasteiger partial charge in [0.15, 0.2) is 5.69 Å². The number of hydrogen-bond acceptors (Lipinski definition) is 4. The van der Waals surface area contributed by atoms with Crippen molar-refractivity contribution in [3.05, 3.63) is 59.3 Å². The van der Waals surface area contributed by atoms with E-state index in [0.29, 0.717) is 24.7 Å². The Kier molecular flexibility index (Phi) is 4.66. The number of rotatable bonds is 3. The number of likely N-dealkylation sites (tertiary alicyclic amines) is 1. The van der Waals surface area contributed by atoms with E-state index in [-0.39, 0.29) is 5.91 Å². The molecule has 3 rings (SSSR count). The van der Waals surface area contributed by atoms with Gasteiger partial charge in [-0.25, -0.2) is 0 Å².